The maximum absolute atomic E-state index is 12.2. The van der Waals surface area contributed by atoms with Crippen LogP contribution < -0.4 is 5.32 Å². The van der Waals surface area contributed by atoms with Gasteiger partial charge in [-0.1, -0.05) is 25.1 Å². The predicted octanol–water partition coefficient (Wildman–Crippen LogP) is 3.80. The lowest BCUT2D eigenvalue weighted by molar-refractivity contribution is -0.0260. The number of aromatic amines is 1. The summed E-state index contributed by atoms with van der Waals surface area (Å²) < 4.78 is 12.2. The fourth-order valence-corrected chi connectivity index (χ4v) is 3.13. The number of esters is 1. The Kier molecular flexibility index (Phi) is 5.76. The van der Waals surface area contributed by atoms with Crippen LogP contribution in [0.25, 0.3) is 17.0 Å². The van der Waals surface area contributed by atoms with Gasteiger partial charge in [0.1, 0.15) is 6.73 Å². The molecule has 0 bridgehead atoms. The monoisotopic (exact) mass is 405 g/mol. The zero-order chi connectivity index (χ0) is 20.9. The van der Waals surface area contributed by atoms with E-state index in [1.807, 2.05) is 62.4 Å². The Bertz CT molecular complexity index is 1120. The molecule has 2 aromatic carbocycles. The van der Waals surface area contributed by atoms with Crippen molar-refractivity contribution in [3.63, 3.8) is 0 Å². The minimum Gasteiger partial charge on any atom is -0.435 e. The van der Waals surface area contributed by atoms with Gasteiger partial charge in [-0.2, -0.15) is 4.63 Å². The number of H-pyrrole nitrogens is 1. The average molecular weight is 405 g/mol. The van der Waals surface area contributed by atoms with Crippen LogP contribution >= 0.6 is 0 Å². The van der Waals surface area contributed by atoms with Crippen molar-refractivity contribution in [2.24, 2.45) is 0 Å². The van der Waals surface area contributed by atoms with E-state index in [9.17, 15) is 4.79 Å². The normalized spacial score (nSPS) is 11.0. The molecular weight excluding hydrogens is 382 g/mol. The maximum atomic E-state index is 12.2. The molecule has 0 saturated heterocycles. The number of rotatable bonds is 8. The van der Waals surface area contributed by atoms with Crippen molar-refractivity contribution in [3.05, 3.63) is 71.4 Å². The minimum absolute atomic E-state index is 0.119. The largest absolute Gasteiger partial charge is 0.435 e. The van der Waals surface area contributed by atoms with Crippen LogP contribution in [0.5, 0.6) is 0 Å². The van der Waals surface area contributed by atoms with Crippen LogP contribution in [-0.4, -0.2) is 39.3 Å². The molecule has 2 N–H and O–H groups in total. The lowest BCUT2D eigenvalue weighted by Crippen LogP contribution is -2.14. The second-order valence-corrected chi connectivity index (χ2v) is 6.81. The molecule has 0 aliphatic heterocycles. The quantitative estimate of drug-likeness (QED) is 0.263. The third kappa shape index (κ3) is 4.33. The molecule has 0 amide bonds. The fraction of sp³-hybridized carbons (Fsp3) is 0.227. The van der Waals surface area contributed by atoms with Gasteiger partial charge in [0.25, 0.3) is 0 Å². The van der Waals surface area contributed by atoms with E-state index in [-0.39, 0.29) is 19.5 Å². The molecule has 0 fully saturated rings. The second-order valence-electron chi connectivity index (χ2n) is 6.81. The van der Waals surface area contributed by atoms with E-state index in [1.165, 1.54) is 0 Å². The number of carbonyl (C=O) groups excluding carboxylic acids is 1. The highest BCUT2D eigenvalue weighted by molar-refractivity contribution is 5.91. The first-order chi connectivity index (χ1) is 14.6. The first kappa shape index (κ1) is 19.7. The van der Waals surface area contributed by atoms with Gasteiger partial charge in [-0.15, -0.1) is 5.10 Å². The summed E-state index contributed by atoms with van der Waals surface area (Å²) in [6, 6.07) is 17.1. The average Bonchev–Trinajstić information content (AvgIpc) is 3.31. The third-order valence-corrected chi connectivity index (χ3v) is 4.67. The van der Waals surface area contributed by atoms with E-state index < -0.39 is 0 Å². The van der Waals surface area contributed by atoms with Crippen LogP contribution in [0.4, 0.5) is 5.69 Å². The van der Waals surface area contributed by atoms with Crippen molar-refractivity contribution in [3.8, 4) is 11.4 Å². The lowest BCUT2D eigenvalue weighted by Gasteiger charge is -2.10. The number of benzene rings is 2. The van der Waals surface area contributed by atoms with Crippen LogP contribution in [0.2, 0.25) is 0 Å². The summed E-state index contributed by atoms with van der Waals surface area (Å²) in [5, 5.41) is 10.7. The molecule has 0 unspecified atom stereocenters. The Labute approximate surface area is 173 Å². The molecule has 8 nitrogen and oxygen atoms in total. The topological polar surface area (TPSA) is 93.5 Å². The number of hydrogen-bond acceptors (Lipinski definition) is 6. The van der Waals surface area contributed by atoms with E-state index >= 15 is 0 Å². The van der Waals surface area contributed by atoms with Gasteiger partial charge < -0.3 is 14.8 Å². The lowest BCUT2D eigenvalue weighted by atomic mass is 10.1. The van der Waals surface area contributed by atoms with Gasteiger partial charge in [0.2, 0.25) is 0 Å². The van der Waals surface area contributed by atoms with Gasteiger partial charge in [0, 0.05) is 23.0 Å². The summed E-state index contributed by atoms with van der Waals surface area (Å²) in [4.78, 5) is 16.7. The van der Waals surface area contributed by atoms with Crippen molar-refractivity contribution in [1.82, 2.24) is 19.8 Å². The number of hydrogen-bond donors (Lipinski definition) is 2. The highest BCUT2D eigenvalue weighted by Gasteiger charge is 2.11. The minimum atomic E-state index is -0.379. The van der Waals surface area contributed by atoms with Crippen LogP contribution in [0, 0.1) is 6.92 Å². The zero-order valence-electron chi connectivity index (χ0n) is 16.9. The number of fused-ring (bicyclic) bond motifs is 1. The predicted molar refractivity (Wildman–Crippen MR) is 113 cm³/mol. The van der Waals surface area contributed by atoms with E-state index in [0.717, 1.165) is 34.6 Å². The van der Waals surface area contributed by atoms with E-state index in [1.54, 1.807) is 10.7 Å². The Balaban J connectivity index is 1.24. The first-order valence-corrected chi connectivity index (χ1v) is 9.73. The van der Waals surface area contributed by atoms with Crippen molar-refractivity contribution in [2.75, 3.05) is 18.8 Å². The second kappa shape index (κ2) is 8.79. The molecule has 0 aliphatic rings. The molecule has 0 radical (unpaired) electrons. The van der Waals surface area contributed by atoms with Gasteiger partial charge in [0.15, 0.2) is 18.3 Å². The number of nitrogens with zero attached hydrogens (tertiary/aromatic N) is 3. The standard InChI is InChI=1S/C22H23N5O3/c1-3-16-6-4-5-7-19(16)22(28)30-14-29-13-23-18-10-8-17(9-11-18)21-24-20-12-15(2)25-27(20)26-21/h4-12,23,25H,3,13-14H2,1-2H3. The summed E-state index contributed by atoms with van der Waals surface area (Å²) in [6.45, 7) is 4.06. The summed E-state index contributed by atoms with van der Waals surface area (Å²) >= 11 is 0. The third-order valence-electron chi connectivity index (χ3n) is 4.67. The fourth-order valence-electron chi connectivity index (χ4n) is 3.13. The van der Waals surface area contributed by atoms with Crippen molar-refractivity contribution >= 4 is 17.3 Å². The summed E-state index contributed by atoms with van der Waals surface area (Å²) in [7, 11) is 0. The summed E-state index contributed by atoms with van der Waals surface area (Å²) in [5.74, 6) is 0.277. The Morgan fingerprint density at radius 1 is 1.17 bits per heavy atom. The highest BCUT2D eigenvalue weighted by Crippen LogP contribution is 2.19. The van der Waals surface area contributed by atoms with Crippen molar-refractivity contribution in [1.29, 1.82) is 0 Å². The van der Waals surface area contributed by atoms with Gasteiger partial charge >= 0.3 is 5.97 Å². The first-order valence-electron chi connectivity index (χ1n) is 9.73. The Hall–Kier alpha value is -3.65. The van der Waals surface area contributed by atoms with Crippen LogP contribution in [-0.2, 0) is 15.9 Å². The van der Waals surface area contributed by atoms with Gasteiger partial charge in [-0.3, -0.25) is 5.10 Å². The van der Waals surface area contributed by atoms with Crippen molar-refractivity contribution < 1.29 is 14.3 Å². The van der Waals surface area contributed by atoms with Crippen LogP contribution in [0.15, 0.2) is 54.6 Å². The van der Waals surface area contributed by atoms with Crippen LogP contribution in [0.3, 0.4) is 0 Å². The van der Waals surface area contributed by atoms with E-state index in [0.29, 0.717) is 11.4 Å². The molecule has 2 heterocycles. The molecule has 30 heavy (non-hydrogen) atoms. The molecule has 0 aliphatic carbocycles. The highest BCUT2D eigenvalue weighted by atomic mass is 16.7. The van der Waals surface area contributed by atoms with Gasteiger partial charge in [0.05, 0.1) is 5.56 Å². The molecule has 0 saturated carbocycles. The Morgan fingerprint density at radius 2 is 1.97 bits per heavy atom. The molecule has 8 heteroatoms. The molecular formula is C22H23N5O3. The van der Waals surface area contributed by atoms with E-state index in [4.69, 9.17) is 9.47 Å². The molecule has 4 rings (SSSR count). The van der Waals surface area contributed by atoms with Crippen molar-refractivity contribution in [2.45, 2.75) is 20.3 Å². The molecule has 4 aromatic rings. The number of ether oxygens (including phenoxy) is 2. The number of nitrogens with one attached hydrogen (secondary N) is 2. The SMILES string of the molecule is CCc1ccccc1C(=O)OCOCNc1ccc(-c2nc3cc(C)[nH]n3n2)cc1. The number of aromatic nitrogens is 4. The Morgan fingerprint density at radius 3 is 2.73 bits per heavy atom. The molecule has 0 atom stereocenters. The molecule has 154 valence electrons. The molecule has 2 aromatic heterocycles. The summed E-state index contributed by atoms with van der Waals surface area (Å²) in [6.07, 6.45) is 0.771. The molecule has 0 spiro atoms. The zero-order valence-corrected chi connectivity index (χ0v) is 16.9. The number of anilines is 1. The smallest absolute Gasteiger partial charge is 0.340 e. The number of aryl methyl sites for hydroxylation is 2. The van der Waals surface area contributed by atoms with Gasteiger partial charge in [-0.05, 0) is 49.2 Å². The maximum Gasteiger partial charge on any atom is 0.340 e. The van der Waals surface area contributed by atoms with Crippen LogP contribution in [0.1, 0.15) is 28.5 Å². The summed E-state index contributed by atoms with van der Waals surface area (Å²) in [5.41, 5.74) is 5.12. The van der Waals surface area contributed by atoms with E-state index in [2.05, 4.69) is 20.5 Å². The van der Waals surface area contributed by atoms with Gasteiger partial charge in [-0.25, -0.2) is 9.78 Å². The number of carbonyl (C=O) groups is 1.